The van der Waals surface area contributed by atoms with E-state index in [2.05, 4.69) is 6.92 Å². The first-order valence-electron chi connectivity index (χ1n) is 15.3. The molecule has 0 aliphatic heterocycles. The van der Waals surface area contributed by atoms with Gasteiger partial charge in [-0.05, 0) is 6.42 Å². The van der Waals surface area contributed by atoms with Crippen LogP contribution in [-0.2, 0) is 0 Å². The number of hydrogen-bond acceptors (Lipinski definition) is 11. The number of unbranched alkanes of at least 4 members (excludes halogenated alkanes) is 20. The van der Waals surface area contributed by atoms with Gasteiger partial charge in [0.2, 0.25) is 11.5 Å². The monoisotopic (exact) mass is 582 g/mol. The number of hydrogen-bond donors (Lipinski definition) is 11. The van der Waals surface area contributed by atoms with Crippen LogP contribution in [0.1, 0.15) is 148 Å². The molecule has 0 aliphatic rings. The fourth-order valence-corrected chi connectivity index (χ4v) is 4.82. The minimum atomic E-state index is -4.64. The van der Waals surface area contributed by atoms with Crippen molar-refractivity contribution in [2.24, 2.45) is 0 Å². The second-order valence-corrected chi connectivity index (χ2v) is 11.3. The van der Waals surface area contributed by atoms with E-state index in [0.717, 1.165) is 25.7 Å². The van der Waals surface area contributed by atoms with Gasteiger partial charge in [-0.15, -0.1) is 0 Å². The third kappa shape index (κ3) is 13.2. The van der Waals surface area contributed by atoms with Crippen LogP contribution >= 0.6 is 0 Å². The molecule has 0 rings (SSSR count). The lowest BCUT2D eigenvalue weighted by atomic mass is 9.85. The summed E-state index contributed by atoms with van der Waals surface area (Å²) in [5, 5.41) is 105. The highest BCUT2D eigenvalue weighted by molar-refractivity contribution is 5.14. The van der Waals surface area contributed by atoms with Crippen molar-refractivity contribution in [1.29, 1.82) is 0 Å². The van der Waals surface area contributed by atoms with Crippen LogP contribution in [0.5, 0.6) is 0 Å². The van der Waals surface area contributed by atoms with E-state index in [1.54, 1.807) is 0 Å². The molecule has 0 fully saturated rings. The van der Waals surface area contributed by atoms with Gasteiger partial charge in [0.25, 0.3) is 17.4 Å². The van der Waals surface area contributed by atoms with E-state index >= 15 is 0 Å². The first kappa shape index (κ1) is 38.8. The molecule has 0 amide bonds. The van der Waals surface area contributed by atoms with Gasteiger partial charge in [0.05, 0.1) is 0 Å². The highest BCUT2D eigenvalue weighted by atomic mass is 16.7. The van der Waals surface area contributed by atoms with Gasteiger partial charge in [0, 0.05) is 6.42 Å². The van der Waals surface area contributed by atoms with Crippen LogP contribution in [0.4, 0.5) is 0 Å². The van der Waals surface area contributed by atoms with E-state index in [1.165, 1.54) is 89.9 Å². The normalized spacial score (nSPS) is 13.1. The summed E-state index contributed by atoms with van der Waals surface area (Å²) < 4.78 is 0. The smallest absolute Gasteiger partial charge is 0.319 e. The fraction of sp³-hybridized carbons (Fsp3) is 0.931. The molecule has 0 aromatic carbocycles. The molecule has 0 aliphatic carbocycles. The van der Waals surface area contributed by atoms with E-state index in [0.29, 0.717) is 12.8 Å². The molecule has 0 saturated heterocycles. The Morgan fingerprint density at radius 1 is 0.400 bits per heavy atom. The first-order chi connectivity index (χ1) is 18.7. The minimum absolute atomic E-state index is 0.0157. The maximum atomic E-state index is 10.0. The molecule has 0 radical (unpaired) electrons. The third-order valence-electron chi connectivity index (χ3n) is 7.70. The van der Waals surface area contributed by atoms with E-state index in [9.17, 15) is 46.0 Å². The minimum Gasteiger partial charge on any atom is -0.502 e. The Morgan fingerprint density at radius 2 is 0.675 bits per heavy atom. The summed E-state index contributed by atoms with van der Waals surface area (Å²) in [6.07, 6.45) is 23.2. The van der Waals surface area contributed by atoms with Crippen molar-refractivity contribution >= 4 is 0 Å². The standard InChI is InChI=1S/C29H58O11/c1-2-3-4-5-6-7-8-9-10-11-12-13-14-15-16-17-18-19-20-21-22-23-26(33,34)28(37,38)29(39,40)27(35,36)24(30)25(31)32/h30-40H,2-23H2,1H3. The molecule has 0 aromatic rings. The summed E-state index contributed by atoms with van der Waals surface area (Å²) >= 11 is 0. The molecule has 11 nitrogen and oxygen atoms in total. The van der Waals surface area contributed by atoms with Gasteiger partial charge in [-0.3, -0.25) is 0 Å². The van der Waals surface area contributed by atoms with Gasteiger partial charge in [-0.2, -0.15) is 0 Å². The second kappa shape index (κ2) is 19.9. The van der Waals surface area contributed by atoms with Crippen molar-refractivity contribution in [2.45, 2.75) is 171 Å². The van der Waals surface area contributed by atoms with Crippen molar-refractivity contribution < 1.29 is 56.2 Å². The Labute approximate surface area is 239 Å². The Morgan fingerprint density at radius 3 is 0.950 bits per heavy atom. The molecule has 0 spiro atoms. The zero-order chi connectivity index (χ0) is 30.7. The van der Waals surface area contributed by atoms with Gasteiger partial charge < -0.3 is 56.2 Å². The van der Waals surface area contributed by atoms with E-state index in [4.69, 9.17) is 10.2 Å². The maximum absolute atomic E-state index is 10.0. The molecular formula is C29H58O11. The molecule has 0 bridgehead atoms. The largest absolute Gasteiger partial charge is 0.502 e. The Bertz CT molecular complexity index is 671. The quantitative estimate of drug-likeness (QED) is 0.0395. The summed E-state index contributed by atoms with van der Waals surface area (Å²) in [7, 11) is 0. The van der Waals surface area contributed by atoms with Crippen LogP contribution in [0.3, 0.4) is 0 Å². The van der Waals surface area contributed by atoms with Crippen molar-refractivity contribution in [1.82, 2.24) is 0 Å². The number of aliphatic hydroxyl groups is 11. The molecular weight excluding hydrogens is 524 g/mol. The van der Waals surface area contributed by atoms with Crippen LogP contribution in [0.25, 0.3) is 0 Å². The van der Waals surface area contributed by atoms with Crippen LogP contribution in [0.2, 0.25) is 0 Å². The summed E-state index contributed by atoms with van der Waals surface area (Å²) in [5.74, 6) is -21.6. The lowest BCUT2D eigenvalue weighted by Gasteiger charge is -2.46. The van der Waals surface area contributed by atoms with Gasteiger partial charge >= 0.3 is 5.95 Å². The van der Waals surface area contributed by atoms with Crippen LogP contribution in [0.15, 0.2) is 11.7 Å². The lowest BCUT2D eigenvalue weighted by Crippen LogP contribution is -2.76. The topological polar surface area (TPSA) is 223 Å². The zero-order valence-electron chi connectivity index (χ0n) is 24.5. The molecule has 40 heavy (non-hydrogen) atoms. The van der Waals surface area contributed by atoms with Gasteiger partial charge in [0.1, 0.15) is 0 Å². The Hall–Kier alpha value is -1.18. The second-order valence-electron chi connectivity index (χ2n) is 11.3. The van der Waals surface area contributed by atoms with Crippen molar-refractivity contribution in [2.75, 3.05) is 0 Å². The summed E-state index contributed by atoms with van der Waals surface area (Å²) in [5.41, 5.74) is 0. The van der Waals surface area contributed by atoms with Crippen molar-refractivity contribution in [3.8, 4) is 0 Å². The molecule has 240 valence electrons. The van der Waals surface area contributed by atoms with E-state index < -0.39 is 41.3 Å². The highest BCUT2D eigenvalue weighted by Gasteiger charge is 2.72. The van der Waals surface area contributed by atoms with Crippen LogP contribution in [0, 0.1) is 0 Å². The molecule has 0 atom stereocenters. The predicted octanol–water partition coefficient (Wildman–Crippen LogP) is 4.16. The fourth-order valence-electron chi connectivity index (χ4n) is 4.82. The summed E-state index contributed by atoms with van der Waals surface area (Å²) in [6.45, 7) is 2.25. The molecule has 0 aromatic heterocycles. The molecule has 0 heterocycles. The Balaban J connectivity index is 3.90. The number of rotatable bonds is 26. The third-order valence-corrected chi connectivity index (χ3v) is 7.70. The average molecular weight is 583 g/mol. The first-order valence-corrected chi connectivity index (χ1v) is 15.3. The molecule has 11 N–H and O–H groups in total. The number of aliphatic hydroxyl groups excluding tert-OH is 2. The molecule has 11 heteroatoms. The van der Waals surface area contributed by atoms with Gasteiger partial charge in [-0.25, -0.2) is 0 Å². The van der Waals surface area contributed by atoms with Gasteiger partial charge in [0.15, 0.2) is 0 Å². The van der Waals surface area contributed by atoms with E-state index in [-0.39, 0.29) is 6.42 Å². The summed E-state index contributed by atoms with van der Waals surface area (Å²) in [4.78, 5) is 0. The summed E-state index contributed by atoms with van der Waals surface area (Å²) in [6, 6.07) is 0. The maximum Gasteiger partial charge on any atom is 0.319 e. The van der Waals surface area contributed by atoms with Crippen molar-refractivity contribution in [3.63, 3.8) is 0 Å². The predicted molar refractivity (Wildman–Crippen MR) is 151 cm³/mol. The van der Waals surface area contributed by atoms with Gasteiger partial charge in [-0.1, -0.05) is 135 Å². The van der Waals surface area contributed by atoms with E-state index in [1.807, 2.05) is 0 Å². The SMILES string of the molecule is CCCCCCCCCCCCCCCCCCCCCCCC(O)(O)C(O)(O)C(O)(O)C(O)(O)C(O)=C(O)O. The molecule has 0 saturated carbocycles. The Kier molecular flexibility index (Phi) is 19.3. The highest BCUT2D eigenvalue weighted by Crippen LogP contribution is 2.39. The average Bonchev–Trinajstić information content (AvgIpc) is 2.88. The van der Waals surface area contributed by atoms with Crippen LogP contribution in [-0.4, -0.2) is 79.3 Å². The zero-order valence-corrected chi connectivity index (χ0v) is 24.5. The lowest BCUT2D eigenvalue weighted by molar-refractivity contribution is -0.502. The van der Waals surface area contributed by atoms with Crippen LogP contribution < -0.4 is 0 Å². The molecule has 0 unspecified atom stereocenters. The van der Waals surface area contributed by atoms with Crippen molar-refractivity contribution in [3.05, 3.63) is 11.7 Å².